The number of hydrogen-bond acceptors (Lipinski definition) is 3. The highest BCUT2D eigenvalue weighted by Crippen LogP contribution is 2.11. The normalized spacial score (nSPS) is 12.0. The molecule has 1 atom stereocenters. The van der Waals surface area contributed by atoms with Gasteiger partial charge in [0.15, 0.2) is 0 Å². The highest BCUT2D eigenvalue weighted by molar-refractivity contribution is 5.94. The summed E-state index contributed by atoms with van der Waals surface area (Å²) in [5, 5.41) is 12.0. The monoisotopic (exact) mass is 236 g/mol. The number of carbonyl (C=O) groups is 1. The van der Waals surface area contributed by atoms with E-state index in [1.807, 2.05) is 38.1 Å². The summed E-state index contributed by atoms with van der Waals surface area (Å²) >= 11 is 0. The Morgan fingerprint density at radius 2 is 1.94 bits per heavy atom. The largest absolute Gasteiger partial charge is 0.391 e. The van der Waals surface area contributed by atoms with Crippen LogP contribution in [0.1, 0.15) is 23.7 Å². The molecule has 0 aliphatic carbocycles. The fraction of sp³-hybridized carbons (Fsp3) is 0.462. The smallest absolute Gasteiger partial charge is 0.251 e. The Labute approximate surface area is 102 Å². The Balaban J connectivity index is 2.58. The molecular weight excluding hydrogens is 216 g/mol. The van der Waals surface area contributed by atoms with Gasteiger partial charge in [0.05, 0.1) is 6.10 Å². The van der Waals surface area contributed by atoms with E-state index in [2.05, 4.69) is 5.32 Å². The van der Waals surface area contributed by atoms with Gasteiger partial charge in [-0.1, -0.05) is 6.92 Å². The lowest BCUT2D eigenvalue weighted by Crippen LogP contribution is -2.31. The molecule has 0 aliphatic heterocycles. The fourth-order valence-corrected chi connectivity index (χ4v) is 1.37. The molecule has 0 radical (unpaired) electrons. The zero-order valence-electron chi connectivity index (χ0n) is 10.6. The molecule has 1 amide bonds. The van der Waals surface area contributed by atoms with E-state index in [4.69, 9.17) is 0 Å². The van der Waals surface area contributed by atoms with Crippen molar-refractivity contribution in [2.75, 3.05) is 25.5 Å². The van der Waals surface area contributed by atoms with E-state index in [-0.39, 0.29) is 5.91 Å². The molecule has 1 aromatic carbocycles. The minimum absolute atomic E-state index is 0.150. The Hall–Kier alpha value is -1.55. The van der Waals surface area contributed by atoms with Crippen molar-refractivity contribution < 1.29 is 9.90 Å². The number of amides is 1. The number of benzene rings is 1. The van der Waals surface area contributed by atoms with E-state index < -0.39 is 6.10 Å². The second-order valence-electron chi connectivity index (χ2n) is 4.21. The molecule has 4 heteroatoms. The maximum absolute atomic E-state index is 11.7. The first kappa shape index (κ1) is 13.5. The molecule has 0 saturated carbocycles. The van der Waals surface area contributed by atoms with Crippen molar-refractivity contribution in [2.45, 2.75) is 19.4 Å². The number of anilines is 1. The minimum atomic E-state index is -0.472. The number of aliphatic hydroxyl groups is 1. The van der Waals surface area contributed by atoms with Crippen LogP contribution in [0.4, 0.5) is 5.69 Å². The topological polar surface area (TPSA) is 52.6 Å². The van der Waals surface area contributed by atoms with Gasteiger partial charge in [-0.15, -0.1) is 0 Å². The van der Waals surface area contributed by atoms with Crippen LogP contribution in [0.5, 0.6) is 0 Å². The number of carbonyl (C=O) groups excluding carboxylic acids is 1. The third kappa shape index (κ3) is 4.07. The summed E-state index contributed by atoms with van der Waals surface area (Å²) in [5.74, 6) is -0.150. The molecule has 1 unspecified atom stereocenters. The molecule has 0 bridgehead atoms. The van der Waals surface area contributed by atoms with Crippen LogP contribution in [0.3, 0.4) is 0 Å². The van der Waals surface area contributed by atoms with Gasteiger partial charge in [0.1, 0.15) is 0 Å². The van der Waals surface area contributed by atoms with Crippen LogP contribution in [0.2, 0.25) is 0 Å². The molecule has 0 fully saturated rings. The van der Waals surface area contributed by atoms with Gasteiger partial charge in [-0.05, 0) is 30.7 Å². The summed E-state index contributed by atoms with van der Waals surface area (Å²) < 4.78 is 0. The SMILES string of the molecule is CCC(O)CNC(=O)c1ccc(N(C)C)cc1. The van der Waals surface area contributed by atoms with E-state index >= 15 is 0 Å². The molecule has 2 N–H and O–H groups in total. The molecule has 0 aliphatic rings. The van der Waals surface area contributed by atoms with E-state index in [9.17, 15) is 9.90 Å². The van der Waals surface area contributed by atoms with Crippen molar-refractivity contribution in [3.05, 3.63) is 29.8 Å². The molecule has 94 valence electrons. The summed E-state index contributed by atoms with van der Waals surface area (Å²) in [5.41, 5.74) is 1.66. The summed E-state index contributed by atoms with van der Waals surface area (Å²) in [6.45, 7) is 2.17. The van der Waals surface area contributed by atoms with Crippen LogP contribution in [0, 0.1) is 0 Å². The highest BCUT2D eigenvalue weighted by atomic mass is 16.3. The van der Waals surface area contributed by atoms with E-state index in [0.29, 0.717) is 18.5 Å². The first-order chi connectivity index (χ1) is 8.04. The summed E-state index contributed by atoms with van der Waals surface area (Å²) in [6.07, 6.45) is 0.167. The second kappa shape index (κ2) is 6.25. The van der Waals surface area contributed by atoms with Gasteiger partial charge < -0.3 is 15.3 Å². The van der Waals surface area contributed by atoms with Gasteiger partial charge in [0.2, 0.25) is 0 Å². The number of nitrogens with zero attached hydrogens (tertiary/aromatic N) is 1. The molecule has 0 heterocycles. The molecule has 1 rings (SSSR count). The van der Waals surface area contributed by atoms with Crippen molar-refractivity contribution in [3.63, 3.8) is 0 Å². The van der Waals surface area contributed by atoms with Crippen molar-refractivity contribution in [1.82, 2.24) is 5.32 Å². The Bertz CT molecular complexity index is 360. The summed E-state index contributed by atoms with van der Waals surface area (Å²) in [7, 11) is 3.90. The molecule has 0 saturated heterocycles. The first-order valence-corrected chi connectivity index (χ1v) is 5.78. The van der Waals surface area contributed by atoms with E-state index in [1.54, 1.807) is 12.1 Å². The summed E-state index contributed by atoms with van der Waals surface area (Å²) in [4.78, 5) is 13.7. The third-order valence-corrected chi connectivity index (χ3v) is 2.62. The van der Waals surface area contributed by atoms with Crippen LogP contribution >= 0.6 is 0 Å². The minimum Gasteiger partial charge on any atom is -0.391 e. The average molecular weight is 236 g/mol. The van der Waals surface area contributed by atoms with Crippen LogP contribution in [-0.4, -0.2) is 37.8 Å². The number of hydrogen-bond donors (Lipinski definition) is 2. The fourth-order valence-electron chi connectivity index (χ4n) is 1.37. The molecule has 17 heavy (non-hydrogen) atoms. The zero-order chi connectivity index (χ0) is 12.8. The Morgan fingerprint density at radius 3 is 2.41 bits per heavy atom. The first-order valence-electron chi connectivity index (χ1n) is 5.78. The van der Waals surface area contributed by atoms with Crippen LogP contribution in [-0.2, 0) is 0 Å². The van der Waals surface area contributed by atoms with Crippen molar-refractivity contribution in [1.29, 1.82) is 0 Å². The van der Waals surface area contributed by atoms with Crippen LogP contribution in [0.25, 0.3) is 0 Å². The third-order valence-electron chi connectivity index (χ3n) is 2.62. The highest BCUT2D eigenvalue weighted by Gasteiger charge is 2.07. The van der Waals surface area contributed by atoms with Crippen molar-refractivity contribution in [3.8, 4) is 0 Å². The van der Waals surface area contributed by atoms with E-state index in [1.165, 1.54) is 0 Å². The van der Waals surface area contributed by atoms with Crippen LogP contribution < -0.4 is 10.2 Å². The Kier molecular flexibility index (Phi) is 4.97. The molecule has 0 spiro atoms. The second-order valence-corrected chi connectivity index (χ2v) is 4.21. The standard InChI is InChI=1S/C13H20N2O2/c1-4-12(16)9-14-13(17)10-5-7-11(8-6-10)15(2)3/h5-8,12,16H,4,9H2,1-3H3,(H,14,17). The van der Waals surface area contributed by atoms with Gasteiger partial charge in [-0.2, -0.15) is 0 Å². The molecule has 4 nitrogen and oxygen atoms in total. The maximum atomic E-state index is 11.7. The molecule has 0 aromatic heterocycles. The lowest BCUT2D eigenvalue weighted by atomic mass is 10.2. The lowest BCUT2D eigenvalue weighted by Gasteiger charge is -2.13. The zero-order valence-corrected chi connectivity index (χ0v) is 10.6. The quantitative estimate of drug-likeness (QED) is 0.809. The maximum Gasteiger partial charge on any atom is 0.251 e. The van der Waals surface area contributed by atoms with Crippen molar-refractivity contribution >= 4 is 11.6 Å². The Morgan fingerprint density at radius 1 is 1.35 bits per heavy atom. The van der Waals surface area contributed by atoms with Gasteiger partial charge in [-0.25, -0.2) is 0 Å². The van der Waals surface area contributed by atoms with Gasteiger partial charge in [-0.3, -0.25) is 4.79 Å². The summed E-state index contributed by atoms with van der Waals surface area (Å²) in [6, 6.07) is 7.35. The predicted octanol–water partition coefficient (Wildman–Crippen LogP) is 1.25. The van der Waals surface area contributed by atoms with E-state index in [0.717, 1.165) is 5.69 Å². The number of rotatable bonds is 5. The number of nitrogens with one attached hydrogen (secondary N) is 1. The predicted molar refractivity (Wildman–Crippen MR) is 69.4 cm³/mol. The average Bonchev–Trinajstić information content (AvgIpc) is 2.35. The molecule has 1 aromatic rings. The molecular formula is C13H20N2O2. The van der Waals surface area contributed by atoms with Gasteiger partial charge in [0, 0.05) is 31.9 Å². The lowest BCUT2D eigenvalue weighted by molar-refractivity contribution is 0.0914. The van der Waals surface area contributed by atoms with Gasteiger partial charge in [0.25, 0.3) is 5.91 Å². The number of aliphatic hydroxyl groups excluding tert-OH is 1. The van der Waals surface area contributed by atoms with Crippen LogP contribution in [0.15, 0.2) is 24.3 Å². The van der Waals surface area contributed by atoms with Gasteiger partial charge >= 0.3 is 0 Å². The van der Waals surface area contributed by atoms with Crippen molar-refractivity contribution in [2.24, 2.45) is 0 Å².